The summed E-state index contributed by atoms with van der Waals surface area (Å²) in [5.41, 5.74) is -0.410. The smallest absolute Gasteiger partial charge is 0.410 e. The molecule has 1 amide bonds. The monoisotopic (exact) mass is 458 g/mol. The molecule has 3 aromatic rings. The van der Waals surface area contributed by atoms with Gasteiger partial charge in [-0.1, -0.05) is 0 Å². The van der Waals surface area contributed by atoms with Crippen LogP contribution in [0.15, 0.2) is 40.3 Å². The molecule has 0 bridgehead atoms. The van der Waals surface area contributed by atoms with Gasteiger partial charge in [0.05, 0.1) is 23.6 Å². The topological polar surface area (TPSA) is 105 Å². The van der Waals surface area contributed by atoms with E-state index in [0.717, 1.165) is 16.3 Å². The number of fused-ring (bicyclic) bond motifs is 1. The molecular formula is C22H27FN6O4. The van der Waals surface area contributed by atoms with Crippen molar-refractivity contribution in [1.29, 1.82) is 0 Å². The number of H-pyrrole nitrogens is 1. The van der Waals surface area contributed by atoms with E-state index in [9.17, 15) is 18.8 Å². The van der Waals surface area contributed by atoms with Gasteiger partial charge >= 0.3 is 11.8 Å². The fourth-order valence-electron chi connectivity index (χ4n) is 3.95. The van der Waals surface area contributed by atoms with Crippen LogP contribution in [0.1, 0.15) is 33.3 Å². The third-order valence-corrected chi connectivity index (χ3v) is 5.47. The van der Waals surface area contributed by atoms with Gasteiger partial charge in [-0.3, -0.25) is 19.2 Å². The maximum atomic E-state index is 13.8. The Balaban J connectivity index is 1.52. The summed E-state index contributed by atoms with van der Waals surface area (Å²) in [6.07, 6.45) is 3.77. The molecule has 1 N–H and O–H groups in total. The minimum Gasteiger partial charge on any atom is -0.444 e. The molecule has 1 aliphatic rings. The van der Waals surface area contributed by atoms with Crippen molar-refractivity contribution in [2.24, 2.45) is 0 Å². The molecule has 33 heavy (non-hydrogen) atoms. The highest BCUT2D eigenvalue weighted by Gasteiger charge is 2.30. The summed E-state index contributed by atoms with van der Waals surface area (Å²) < 4.78 is 21.9. The molecule has 1 atom stereocenters. The SMILES string of the molecule is C[C@H]1CN(Cc2ccn3ncc(-n4cc(F)c(=O)[nH]c4=O)c3c2)CCN1C(=O)OC(C)(C)C. The van der Waals surface area contributed by atoms with Crippen LogP contribution in [0, 0.1) is 5.82 Å². The Kier molecular flexibility index (Phi) is 5.83. The van der Waals surface area contributed by atoms with Gasteiger partial charge in [0.1, 0.15) is 5.60 Å². The van der Waals surface area contributed by atoms with Crippen molar-refractivity contribution in [2.75, 3.05) is 19.6 Å². The van der Waals surface area contributed by atoms with Crippen LogP contribution in [-0.4, -0.2) is 66.3 Å². The number of hydrogen-bond donors (Lipinski definition) is 1. The third kappa shape index (κ3) is 4.82. The molecule has 1 aliphatic heterocycles. The second kappa shape index (κ2) is 8.47. The molecule has 4 heterocycles. The van der Waals surface area contributed by atoms with Crippen molar-refractivity contribution in [3.63, 3.8) is 0 Å². The van der Waals surface area contributed by atoms with E-state index in [1.165, 1.54) is 6.20 Å². The molecule has 11 heteroatoms. The van der Waals surface area contributed by atoms with Gasteiger partial charge < -0.3 is 9.64 Å². The Hall–Kier alpha value is -3.47. The maximum Gasteiger partial charge on any atom is 0.410 e. The zero-order valence-electron chi connectivity index (χ0n) is 19.0. The number of aromatic amines is 1. The summed E-state index contributed by atoms with van der Waals surface area (Å²) in [7, 11) is 0. The van der Waals surface area contributed by atoms with E-state index in [-0.39, 0.29) is 12.1 Å². The number of aromatic nitrogens is 4. The molecule has 176 valence electrons. The van der Waals surface area contributed by atoms with Crippen LogP contribution in [0.4, 0.5) is 9.18 Å². The van der Waals surface area contributed by atoms with E-state index in [1.54, 1.807) is 15.6 Å². The van der Waals surface area contributed by atoms with Crippen molar-refractivity contribution in [1.82, 2.24) is 29.0 Å². The van der Waals surface area contributed by atoms with Gasteiger partial charge in [0.2, 0.25) is 5.82 Å². The van der Waals surface area contributed by atoms with Gasteiger partial charge in [-0.2, -0.15) is 9.49 Å². The Bertz CT molecular complexity index is 1300. The molecule has 0 saturated carbocycles. The number of carbonyl (C=O) groups excluding carboxylic acids is 1. The Morgan fingerprint density at radius 3 is 2.76 bits per heavy atom. The average molecular weight is 458 g/mol. The van der Waals surface area contributed by atoms with Crippen LogP contribution in [-0.2, 0) is 11.3 Å². The quantitative estimate of drug-likeness (QED) is 0.641. The largest absolute Gasteiger partial charge is 0.444 e. The van der Waals surface area contributed by atoms with Crippen molar-refractivity contribution in [3.8, 4) is 5.69 Å². The number of nitrogens with zero attached hydrogens (tertiary/aromatic N) is 5. The number of hydrogen-bond acceptors (Lipinski definition) is 6. The van der Waals surface area contributed by atoms with Gasteiger partial charge in [-0.15, -0.1) is 0 Å². The molecule has 1 saturated heterocycles. The van der Waals surface area contributed by atoms with Gasteiger partial charge in [0.15, 0.2) is 0 Å². The summed E-state index contributed by atoms with van der Waals surface area (Å²) in [4.78, 5) is 41.9. The molecule has 3 aromatic heterocycles. The van der Waals surface area contributed by atoms with Crippen LogP contribution in [0.2, 0.25) is 0 Å². The lowest BCUT2D eigenvalue weighted by atomic mass is 10.1. The van der Waals surface area contributed by atoms with Crippen molar-refractivity contribution < 1.29 is 13.9 Å². The predicted octanol–water partition coefficient (Wildman–Crippen LogP) is 1.75. The van der Waals surface area contributed by atoms with E-state index in [2.05, 4.69) is 10.00 Å². The lowest BCUT2D eigenvalue weighted by Gasteiger charge is -2.40. The molecule has 0 spiro atoms. The zero-order valence-corrected chi connectivity index (χ0v) is 19.0. The number of rotatable bonds is 3. The minimum absolute atomic E-state index is 0.00875. The van der Waals surface area contributed by atoms with Crippen molar-refractivity contribution >= 4 is 11.6 Å². The first-order valence-corrected chi connectivity index (χ1v) is 10.7. The molecule has 0 radical (unpaired) electrons. The molecule has 10 nitrogen and oxygen atoms in total. The minimum atomic E-state index is -1.06. The molecule has 0 aliphatic carbocycles. The maximum absolute atomic E-state index is 13.8. The number of piperazine rings is 1. The first-order valence-electron chi connectivity index (χ1n) is 10.7. The normalized spacial score (nSPS) is 17.5. The molecule has 0 unspecified atom stereocenters. The first-order chi connectivity index (χ1) is 15.5. The lowest BCUT2D eigenvalue weighted by molar-refractivity contribution is 0.000562. The second-order valence-corrected chi connectivity index (χ2v) is 9.26. The lowest BCUT2D eigenvalue weighted by Crippen LogP contribution is -2.54. The third-order valence-electron chi connectivity index (χ3n) is 5.47. The van der Waals surface area contributed by atoms with Crippen LogP contribution in [0.5, 0.6) is 0 Å². The average Bonchev–Trinajstić information content (AvgIpc) is 3.12. The van der Waals surface area contributed by atoms with Gasteiger partial charge in [-0.25, -0.2) is 14.1 Å². The van der Waals surface area contributed by atoms with E-state index in [1.807, 2.05) is 44.8 Å². The fourth-order valence-corrected chi connectivity index (χ4v) is 3.95. The summed E-state index contributed by atoms with van der Waals surface area (Å²) >= 11 is 0. The van der Waals surface area contributed by atoms with E-state index < -0.39 is 22.7 Å². The van der Waals surface area contributed by atoms with Gasteiger partial charge in [-0.05, 0) is 45.4 Å². The van der Waals surface area contributed by atoms with Crippen LogP contribution in [0.25, 0.3) is 11.2 Å². The van der Waals surface area contributed by atoms with E-state index in [4.69, 9.17) is 4.74 Å². The van der Waals surface area contributed by atoms with Crippen molar-refractivity contribution in [3.05, 3.63) is 62.9 Å². The molecule has 4 rings (SSSR count). The number of nitrogens with one attached hydrogen (secondary N) is 1. The first kappa shape index (κ1) is 22.7. The van der Waals surface area contributed by atoms with Gasteiger partial charge in [0.25, 0.3) is 5.56 Å². The summed E-state index contributed by atoms with van der Waals surface area (Å²) in [6, 6.07) is 3.79. The number of carbonyl (C=O) groups is 1. The van der Waals surface area contributed by atoms with E-state index >= 15 is 0 Å². The Labute approximate surface area is 189 Å². The summed E-state index contributed by atoms with van der Waals surface area (Å²) in [6.45, 7) is 10.1. The summed E-state index contributed by atoms with van der Waals surface area (Å²) in [5, 5.41) is 4.22. The molecular weight excluding hydrogens is 431 g/mol. The number of ether oxygens (including phenoxy) is 1. The molecule has 0 aromatic carbocycles. The highest BCUT2D eigenvalue weighted by atomic mass is 19.1. The highest BCUT2D eigenvalue weighted by molar-refractivity contribution is 5.68. The van der Waals surface area contributed by atoms with Gasteiger partial charge in [0, 0.05) is 38.4 Å². The number of amides is 1. The van der Waals surface area contributed by atoms with E-state index in [0.29, 0.717) is 37.4 Å². The predicted molar refractivity (Wildman–Crippen MR) is 119 cm³/mol. The summed E-state index contributed by atoms with van der Waals surface area (Å²) in [5.74, 6) is -1.05. The van der Waals surface area contributed by atoms with Crippen LogP contribution >= 0.6 is 0 Å². The highest BCUT2D eigenvalue weighted by Crippen LogP contribution is 2.20. The van der Waals surface area contributed by atoms with Crippen LogP contribution in [0.3, 0.4) is 0 Å². The number of pyridine rings is 1. The number of halogens is 1. The second-order valence-electron chi connectivity index (χ2n) is 9.26. The standard InChI is InChI=1S/C22H27FN6O4/c1-14-11-26(7-8-27(14)21(32)33-22(2,3)4)12-15-5-6-29-17(9-15)18(10-24-29)28-13-16(23)19(30)25-20(28)31/h5-6,9-10,13-14H,7-8,11-12H2,1-4H3,(H,25,30,31)/t14-/m0/s1. The fraction of sp³-hybridized carbons (Fsp3) is 0.455. The Morgan fingerprint density at radius 1 is 1.30 bits per heavy atom. The van der Waals surface area contributed by atoms with Crippen LogP contribution < -0.4 is 11.2 Å². The molecule has 1 fully saturated rings. The zero-order chi connectivity index (χ0) is 23.9. The Morgan fingerprint density at radius 2 is 2.06 bits per heavy atom. The van der Waals surface area contributed by atoms with Crippen molar-refractivity contribution in [2.45, 2.75) is 45.9 Å².